The molecule has 0 atom stereocenters. The van der Waals surface area contributed by atoms with Gasteiger partial charge in [0.2, 0.25) is 0 Å². The van der Waals surface area contributed by atoms with Crippen molar-refractivity contribution < 1.29 is 0 Å². The number of aromatic amines is 1. The Morgan fingerprint density at radius 1 is 1.47 bits per heavy atom. The highest BCUT2D eigenvalue weighted by molar-refractivity contribution is 9.10. The second-order valence-corrected chi connectivity index (χ2v) is 4.70. The maximum atomic E-state index is 11.2. The molecule has 2 rings (SSSR count). The molecule has 1 heterocycles. The van der Waals surface area contributed by atoms with E-state index in [1.165, 1.54) is 6.20 Å². The lowest BCUT2D eigenvalue weighted by atomic mass is 10.2. The van der Waals surface area contributed by atoms with Gasteiger partial charge in [-0.15, -0.1) is 0 Å². The van der Waals surface area contributed by atoms with Crippen molar-refractivity contribution in [2.45, 2.75) is 6.54 Å². The fourth-order valence-corrected chi connectivity index (χ4v) is 1.96. The first-order chi connectivity index (χ1) is 8.16. The van der Waals surface area contributed by atoms with E-state index >= 15 is 0 Å². The maximum Gasteiger partial charge on any atom is 0.285 e. The van der Waals surface area contributed by atoms with Gasteiger partial charge in [0, 0.05) is 11.0 Å². The van der Waals surface area contributed by atoms with Crippen LogP contribution in [0, 0.1) is 0 Å². The van der Waals surface area contributed by atoms with E-state index in [-0.39, 0.29) is 5.02 Å². The number of hydrogen-bond acceptors (Lipinski definition) is 3. The summed E-state index contributed by atoms with van der Waals surface area (Å²) in [5.41, 5.74) is 1.21. The monoisotopic (exact) mass is 313 g/mol. The van der Waals surface area contributed by atoms with Crippen molar-refractivity contribution in [3.8, 4) is 0 Å². The van der Waals surface area contributed by atoms with Crippen molar-refractivity contribution in [2.24, 2.45) is 0 Å². The molecule has 0 aliphatic carbocycles. The van der Waals surface area contributed by atoms with Crippen molar-refractivity contribution in [1.29, 1.82) is 0 Å². The van der Waals surface area contributed by atoms with Gasteiger partial charge >= 0.3 is 0 Å². The van der Waals surface area contributed by atoms with E-state index in [2.05, 4.69) is 31.4 Å². The van der Waals surface area contributed by atoms with E-state index in [0.29, 0.717) is 12.2 Å². The second kappa shape index (κ2) is 5.33. The van der Waals surface area contributed by atoms with Crippen LogP contribution in [0.5, 0.6) is 0 Å². The van der Waals surface area contributed by atoms with Gasteiger partial charge in [0.1, 0.15) is 5.02 Å². The lowest BCUT2D eigenvalue weighted by molar-refractivity contribution is 0.981. The molecule has 0 spiro atoms. The predicted molar refractivity (Wildman–Crippen MR) is 71.3 cm³/mol. The number of anilines is 1. The van der Waals surface area contributed by atoms with Crippen LogP contribution in [0.3, 0.4) is 0 Å². The van der Waals surface area contributed by atoms with Crippen LogP contribution in [0.4, 0.5) is 5.69 Å². The number of hydrogen-bond donors (Lipinski definition) is 2. The predicted octanol–water partition coefficient (Wildman–Crippen LogP) is 2.80. The Kier molecular flexibility index (Phi) is 3.81. The third-order valence-electron chi connectivity index (χ3n) is 2.17. The first-order valence-electron chi connectivity index (χ1n) is 4.88. The maximum absolute atomic E-state index is 11.2. The van der Waals surface area contributed by atoms with E-state index < -0.39 is 5.56 Å². The Bertz CT molecular complexity index is 585. The van der Waals surface area contributed by atoms with E-state index in [1.807, 2.05) is 24.3 Å². The molecule has 0 saturated heterocycles. The van der Waals surface area contributed by atoms with Crippen molar-refractivity contribution >= 4 is 33.2 Å². The smallest absolute Gasteiger partial charge is 0.285 e. The Morgan fingerprint density at radius 2 is 2.29 bits per heavy atom. The minimum absolute atomic E-state index is 0.120. The van der Waals surface area contributed by atoms with E-state index in [1.54, 1.807) is 0 Å². The van der Waals surface area contributed by atoms with Gasteiger partial charge in [-0.3, -0.25) is 4.79 Å². The molecule has 0 amide bonds. The summed E-state index contributed by atoms with van der Waals surface area (Å²) in [6.07, 6.45) is 1.49. The lowest BCUT2D eigenvalue weighted by Crippen LogP contribution is -2.11. The van der Waals surface area contributed by atoms with Gasteiger partial charge in [0.05, 0.1) is 11.9 Å². The Morgan fingerprint density at radius 3 is 3.06 bits per heavy atom. The molecule has 0 unspecified atom stereocenters. The van der Waals surface area contributed by atoms with Crippen molar-refractivity contribution in [2.75, 3.05) is 5.32 Å². The average Bonchev–Trinajstić information content (AvgIpc) is 2.31. The molecular formula is C11H9BrClN3O. The highest BCUT2D eigenvalue weighted by Crippen LogP contribution is 2.17. The summed E-state index contributed by atoms with van der Waals surface area (Å²) in [4.78, 5) is 11.2. The molecule has 0 radical (unpaired) electrons. The zero-order valence-corrected chi connectivity index (χ0v) is 11.0. The van der Waals surface area contributed by atoms with Crippen molar-refractivity contribution in [3.63, 3.8) is 0 Å². The lowest BCUT2D eigenvalue weighted by Gasteiger charge is -2.07. The quantitative estimate of drug-likeness (QED) is 0.916. The number of rotatable bonds is 3. The summed E-state index contributed by atoms with van der Waals surface area (Å²) in [5.74, 6) is 0. The molecule has 2 aromatic rings. The number of benzene rings is 1. The summed E-state index contributed by atoms with van der Waals surface area (Å²) in [5, 5.41) is 9.13. The number of nitrogens with one attached hydrogen (secondary N) is 2. The first kappa shape index (κ1) is 12.1. The summed E-state index contributed by atoms with van der Waals surface area (Å²) in [6.45, 7) is 0.574. The van der Waals surface area contributed by atoms with Gasteiger partial charge in [-0.2, -0.15) is 5.10 Å². The van der Waals surface area contributed by atoms with Gasteiger partial charge in [-0.25, -0.2) is 5.10 Å². The molecule has 0 aliphatic heterocycles. The molecule has 0 saturated carbocycles. The third kappa shape index (κ3) is 3.08. The highest BCUT2D eigenvalue weighted by Gasteiger charge is 2.04. The van der Waals surface area contributed by atoms with Gasteiger partial charge < -0.3 is 5.32 Å². The van der Waals surface area contributed by atoms with Crippen LogP contribution in [-0.4, -0.2) is 10.2 Å². The fraction of sp³-hybridized carbons (Fsp3) is 0.0909. The standard InChI is InChI=1S/C11H9BrClN3O/c12-8-3-1-2-7(4-8)5-14-9-6-15-16-11(17)10(9)13/h1-4,6H,5H2,(H2,14,16,17). The Labute approximate surface area is 111 Å². The molecule has 0 fully saturated rings. The molecule has 1 aromatic carbocycles. The molecule has 88 valence electrons. The SMILES string of the molecule is O=c1[nH]ncc(NCc2cccc(Br)c2)c1Cl. The van der Waals surface area contributed by atoms with E-state index in [4.69, 9.17) is 11.6 Å². The van der Waals surface area contributed by atoms with Gasteiger partial charge in [0.25, 0.3) is 5.56 Å². The molecule has 2 N–H and O–H groups in total. The zero-order chi connectivity index (χ0) is 12.3. The van der Waals surface area contributed by atoms with Crippen LogP contribution >= 0.6 is 27.5 Å². The Hall–Kier alpha value is -1.33. The highest BCUT2D eigenvalue weighted by atomic mass is 79.9. The zero-order valence-electron chi connectivity index (χ0n) is 8.71. The topological polar surface area (TPSA) is 57.8 Å². The van der Waals surface area contributed by atoms with Crippen LogP contribution < -0.4 is 10.9 Å². The van der Waals surface area contributed by atoms with Gasteiger partial charge in [-0.05, 0) is 17.7 Å². The van der Waals surface area contributed by atoms with Crippen LogP contribution in [0.15, 0.2) is 39.7 Å². The minimum atomic E-state index is -0.397. The van der Waals surface area contributed by atoms with Crippen molar-refractivity contribution in [1.82, 2.24) is 10.2 Å². The normalized spacial score (nSPS) is 10.2. The largest absolute Gasteiger partial charge is 0.378 e. The molecular weight excluding hydrogens is 305 g/mol. The molecule has 17 heavy (non-hydrogen) atoms. The summed E-state index contributed by atoms with van der Waals surface area (Å²) >= 11 is 9.23. The number of H-pyrrole nitrogens is 1. The summed E-state index contributed by atoms with van der Waals surface area (Å²) < 4.78 is 1.01. The number of aromatic nitrogens is 2. The van der Waals surface area contributed by atoms with Crippen LogP contribution in [0.25, 0.3) is 0 Å². The molecule has 0 bridgehead atoms. The van der Waals surface area contributed by atoms with E-state index in [0.717, 1.165) is 10.0 Å². The first-order valence-corrected chi connectivity index (χ1v) is 6.05. The third-order valence-corrected chi connectivity index (χ3v) is 3.04. The van der Waals surface area contributed by atoms with Crippen LogP contribution in [-0.2, 0) is 6.54 Å². The van der Waals surface area contributed by atoms with Gasteiger partial charge in [0.15, 0.2) is 0 Å². The van der Waals surface area contributed by atoms with E-state index in [9.17, 15) is 4.79 Å². The molecule has 4 nitrogen and oxygen atoms in total. The summed E-state index contributed by atoms with van der Waals surface area (Å²) in [6, 6.07) is 7.86. The molecule has 6 heteroatoms. The molecule has 1 aromatic heterocycles. The van der Waals surface area contributed by atoms with Gasteiger partial charge in [-0.1, -0.05) is 39.7 Å². The Balaban J connectivity index is 2.13. The van der Waals surface area contributed by atoms with Crippen LogP contribution in [0.1, 0.15) is 5.56 Å². The molecule has 0 aliphatic rings. The van der Waals surface area contributed by atoms with Crippen LogP contribution in [0.2, 0.25) is 5.02 Å². The summed E-state index contributed by atoms with van der Waals surface area (Å²) in [7, 11) is 0. The average molecular weight is 315 g/mol. The minimum Gasteiger partial charge on any atom is -0.378 e. The number of halogens is 2. The fourth-order valence-electron chi connectivity index (χ4n) is 1.35. The van der Waals surface area contributed by atoms with Crippen molar-refractivity contribution in [3.05, 3.63) is 55.9 Å². The second-order valence-electron chi connectivity index (χ2n) is 3.41. The number of nitrogens with zero attached hydrogens (tertiary/aromatic N) is 1.